The fourth-order valence-electron chi connectivity index (χ4n) is 2.81. The number of aliphatic hydroxyl groups is 1. The molecule has 1 heterocycles. The van der Waals surface area contributed by atoms with Crippen molar-refractivity contribution >= 4 is 5.78 Å². The molecule has 1 N–H and O–H groups in total. The van der Waals surface area contributed by atoms with Gasteiger partial charge in [0, 0.05) is 18.5 Å². The second kappa shape index (κ2) is 7.24. The Bertz CT molecular complexity index is 490. The van der Waals surface area contributed by atoms with Gasteiger partial charge in [-0.2, -0.15) is 13.2 Å². The summed E-state index contributed by atoms with van der Waals surface area (Å²) in [6.45, 7) is 0.852. The number of β-amino-alcohol motifs (C(OH)–C–C–N with tert-alkyl or cyclic N) is 1. The normalized spacial score (nSPS) is 23.5. The second-order valence-electron chi connectivity index (χ2n) is 5.70. The Kier molecular flexibility index (Phi) is 5.58. The number of nitrogens with zero attached hydrogens (tertiary/aromatic N) is 1. The number of carbonyl (C=O) groups excluding carboxylic acids is 1. The van der Waals surface area contributed by atoms with Crippen molar-refractivity contribution in [1.82, 2.24) is 4.90 Å². The number of Topliss-reactive ketones (excluding diaryl/α,β-unsaturated/α-hetero) is 1. The SMILES string of the molecule is O=C(CCCN1CCC(C(F)(F)F)C(O)C1)c1ccccc1. The van der Waals surface area contributed by atoms with Crippen molar-refractivity contribution in [3.05, 3.63) is 35.9 Å². The zero-order chi connectivity index (χ0) is 16.2. The summed E-state index contributed by atoms with van der Waals surface area (Å²) in [6.07, 6.45) is -4.86. The number of alkyl halides is 3. The average molecular weight is 315 g/mol. The summed E-state index contributed by atoms with van der Waals surface area (Å²) in [6, 6.07) is 8.93. The van der Waals surface area contributed by atoms with Crippen LogP contribution in [0.1, 0.15) is 29.6 Å². The average Bonchev–Trinajstić information content (AvgIpc) is 2.47. The molecule has 122 valence electrons. The highest BCUT2D eigenvalue weighted by Gasteiger charge is 2.46. The summed E-state index contributed by atoms with van der Waals surface area (Å²) in [4.78, 5) is 13.7. The third-order valence-electron chi connectivity index (χ3n) is 4.06. The monoisotopic (exact) mass is 315 g/mol. The summed E-state index contributed by atoms with van der Waals surface area (Å²) in [7, 11) is 0. The van der Waals surface area contributed by atoms with Crippen molar-refractivity contribution in [2.24, 2.45) is 5.92 Å². The maximum absolute atomic E-state index is 12.6. The van der Waals surface area contributed by atoms with E-state index in [0.717, 1.165) is 0 Å². The summed E-state index contributed by atoms with van der Waals surface area (Å²) in [5.74, 6) is -1.60. The summed E-state index contributed by atoms with van der Waals surface area (Å²) >= 11 is 0. The highest BCUT2D eigenvalue weighted by Crippen LogP contribution is 2.34. The van der Waals surface area contributed by atoms with Crippen molar-refractivity contribution < 1.29 is 23.1 Å². The lowest BCUT2D eigenvalue weighted by molar-refractivity contribution is -0.212. The number of hydrogen-bond donors (Lipinski definition) is 1. The van der Waals surface area contributed by atoms with Gasteiger partial charge in [0.15, 0.2) is 5.78 Å². The molecule has 1 aromatic rings. The van der Waals surface area contributed by atoms with Gasteiger partial charge in [0.25, 0.3) is 0 Å². The molecule has 0 bridgehead atoms. The zero-order valence-electron chi connectivity index (χ0n) is 12.2. The Morgan fingerprint density at radius 1 is 1.27 bits per heavy atom. The van der Waals surface area contributed by atoms with Gasteiger partial charge in [-0.05, 0) is 25.9 Å². The lowest BCUT2D eigenvalue weighted by Gasteiger charge is -2.36. The molecule has 3 nitrogen and oxygen atoms in total. The van der Waals surface area contributed by atoms with E-state index in [-0.39, 0.29) is 18.7 Å². The molecule has 0 spiro atoms. The predicted octanol–water partition coefficient (Wildman–Crippen LogP) is 2.89. The molecule has 0 aromatic heterocycles. The highest BCUT2D eigenvalue weighted by atomic mass is 19.4. The molecule has 1 aliphatic rings. The Hall–Kier alpha value is -1.40. The Morgan fingerprint density at radius 2 is 1.95 bits per heavy atom. The standard InChI is InChI=1S/C16H20F3NO2/c17-16(18,19)13-8-10-20(11-15(13)22)9-4-7-14(21)12-5-2-1-3-6-12/h1-3,5-6,13,15,22H,4,7-11H2. The molecule has 0 aliphatic carbocycles. The number of carbonyl (C=O) groups is 1. The van der Waals surface area contributed by atoms with Gasteiger partial charge in [0.2, 0.25) is 0 Å². The van der Waals surface area contributed by atoms with E-state index in [1.807, 2.05) is 6.07 Å². The van der Waals surface area contributed by atoms with E-state index >= 15 is 0 Å². The van der Waals surface area contributed by atoms with Crippen LogP contribution in [0, 0.1) is 5.92 Å². The maximum atomic E-state index is 12.6. The highest BCUT2D eigenvalue weighted by molar-refractivity contribution is 5.95. The fourth-order valence-corrected chi connectivity index (χ4v) is 2.81. The van der Waals surface area contributed by atoms with Gasteiger partial charge >= 0.3 is 6.18 Å². The molecule has 0 saturated carbocycles. The molecular formula is C16H20F3NO2. The number of rotatable bonds is 5. The van der Waals surface area contributed by atoms with E-state index in [9.17, 15) is 23.1 Å². The Balaban J connectivity index is 1.74. The van der Waals surface area contributed by atoms with E-state index in [2.05, 4.69) is 0 Å². The lowest BCUT2D eigenvalue weighted by atomic mass is 9.93. The molecule has 2 rings (SSSR count). The number of aliphatic hydroxyl groups excluding tert-OH is 1. The molecular weight excluding hydrogens is 295 g/mol. The number of halogens is 3. The number of piperidine rings is 1. The van der Waals surface area contributed by atoms with Gasteiger partial charge in [-0.1, -0.05) is 30.3 Å². The Morgan fingerprint density at radius 3 is 2.55 bits per heavy atom. The third kappa shape index (κ3) is 4.55. The van der Waals surface area contributed by atoms with Gasteiger partial charge in [0.1, 0.15) is 0 Å². The van der Waals surface area contributed by atoms with Crippen LogP contribution in [0.2, 0.25) is 0 Å². The quantitative estimate of drug-likeness (QED) is 0.850. The van der Waals surface area contributed by atoms with E-state index in [1.54, 1.807) is 29.2 Å². The van der Waals surface area contributed by atoms with Gasteiger partial charge in [-0.3, -0.25) is 4.79 Å². The second-order valence-corrected chi connectivity index (χ2v) is 5.70. The van der Waals surface area contributed by atoms with E-state index in [4.69, 9.17) is 0 Å². The first-order valence-corrected chi connectivity index (χ1v) is 7.43. The van der Waals surface area contributed by atoms with Gasteiger partial charge in [0.05, 0.1) is 12.0 Å². The zero-order valence-corrected chi connectivity index (χ0v) is 12.2. The molecule has 22 heavy (non-hydrogen) atoms. The number of hydrogen-bond acceptors (Lipinski definition) is 3. The molecule has 6 heteroatoms. The van der Waals surface area contributed by atoms with Crippen LogP contribution < -0.4 is 0 Å². The first kappa shape index (κ1) is 17.0. The van der Waals surface area contributed by atoms with E-state index in [0.29, 0.717) is 31.5 Å². The molecule has 0 amide bonds. The molecule has 1 aromatic carbocycles. The van der Waals surface area contributed by atoms with Crippen LogP contribution in [0.15, 0.2) is 30.3 Å². The number of ketones is 1. The molecule has 1 saturated heterocycles. The number of likely N-dealkylation sites (tertiary alicyclic amines) is 1. The maximum Gasteiger partial charge on any atom is 0.394 e. The van der Waals surface area contributed by atoms with E-state index < -0.39 is 18.2 Å². The molecule has 2 unspecified atom stereocenters. The molecule has 1 aliphatic heterocycles. The fraction of sp³-hybridized carbons (Fsp3) is 0.562. The molecule has 0 radical (unpaired) electrons. The van der Waals surface area contributed by atoms with Crippen LogP contribution in [-0.4, -0.2) is 47.7 Å². The van der Waals surface area contributed by atoms with Crippen molar-refractivity contribution in [2.75, 3.05) is 19.6 Å². The van der Waals surface area contributed by atoms with Crippen molar-refractivity contribution in [3.63, 3.8) is 0 Å². The van der Waals surface area contributed by atoms with Crippen molar-refractivity contribution in [2.45, 2.75) is 31.5 Å². The van der Waals surface area contributed by atoms with E-state index in [1.165, 1.54) is 0 Å². The van der Waals surface area contributed by atoms with Crippen LogP contribution in [0.5, 0.6) is 0 Å². The largest absolute Gasteiger partial charge is 0.394 e. The third-order valence-corrected chi connectivity index (χ3v) is 4.06. The first-order valence-electron chi connectivity index (χ1n) is 7.43. The van der Waals surface area contributed by atoms with Crippen LogP contribution >= 0.6 is 0 Å². The predicted molar refractivity (Wildman–Crippen MR) is 76.6 cm³/mol. The lowest BCUT2D eigenvalue weighted by Crippen LogP contribution is -2.49. The van der Waals surface area contributed by atoms with Crippen molar-refractivity contribution in [3.8, 4) is 0 Å². The minimum absolute atomic E-state index is 0.0176. The first-order chi connectivity index (χ1) is 10.4. The smallest absolute Gasteiger partial charge is 0.391 e. The van der Waals surface area contributed by atoms with Crippen molar-refractivity contribution in [1.29, 1.82) is 0 Å². The van der Waals surface area contributed by atoms with Crippen LogP contribution in [-0.2, 0) is 0 Å². The number of benzene rings is 1. The van der Waals surface area contributed by atoms with Gasteiger partial charge < -0.3 is 10.0 Å². The minimum atomic E-state index is -4.34. The minimum Gasteiger partial charge on any atom is -0.391 e. The van der Waals surface area contributed by atoms with Crippen LogP contribution in [0.3, 0.4) is 0 Å². The van der Waals surface area contributed by atoms with Crippen LogP contribution in [0.4, 0.5) is 13.2 Å². The van der Waals surface area contributed by atoms with Gasteiger partial charge in [-0.25, -0.2) is 0 Å². The summed E-state index contributed by atoms with van der Waals surface area (Å²) in [5, 5.41) is 9.63. The van der Waals surface area contributed by atoms with Crippen LogP contribution in [0.25, 0.3) is 0 Å². The summed E-state index contributed by atoms with van der Waals surface area (Å²) < 4.78 is 37.9. The van der Waals surface area contributed by atoms with Gasteiger partial charge in [-0.15, -0.1) is 0 Å². The topological polar surface area (TPSA) is 40.5 Å². The molecule has 2 atom stereocenters. The Labute approximate surface area is 127 Å². The summed E-state index contributed by atoms with van der Waals surface area (Å²) in [5.41, 5.74) is 0.651. The molecule has 1 fully saturated rings.